The number of hydrogen-bond donors (Lipinski definition) is 4. The predicted molar refractivity (Wildman–Crippen MR) is 143 cm³/mol. The van der Waals surface area contributed by atoms with Gasteiger partial charge in [-0.25, -0.2) is 14.8 Å². The molecule has 3 aromatic heterocycles. The fourth-order valence-corrected chi connectivity index (χ4v) is 4.21. The number of carbonyl (C=O) groups is 2. The van der Waals surface area contributed by atoms with Crippen molar-refractivity contribution in [3.05, 3.63) is 60.3 Å². The van der Waals surface area contributed by atoms with Crippen LogP contribution < -0.4 is 10.6 Å². The van der Waals surface area contributed by atoms with Gasteiger partial charge in [-0.1, -0.05) is 12.1 Å². The molecule has 4 heterocycles. The maximum Gasteiger partial charge on any atom is 0.410 e. The van der Waals surface area contributed by atoms with Crippen LogP contribution in [0.3, 0.4) is 0 Å². The molecule has 198 valence electrons. The van der Waals surface area contributed by atoms with Crippen molar-refractivity contribution in [3.63, 3.8) is 0 Å². The molecule has 0 unspecified atom stereocenters. The Kier molecular flexibility index (Phi) is 6.97. The predicted octanol–water partition coefficient (Wildman–Crippen LogP) is 3.73. The maximum atomic E-state index is 13.0. The first-order valence-electron chi connectivity index (χ1n) is 12.4. The number of hydrogen-bond acceptors (Lipinski definition) is 8. The van der Waals surface area contributed by atoms with Crippen LogP contribution in [0, 0.1) is 0 Å². The third-order valence-corrected chi connectivity index (χ3v) is 6.12. The zero-order chi connectivity index (χ0) is 26.7. The minimum atomic E-state index is -0.493. The average molecular weight is 518 g/mol. The van der Waals surface area contributed by atoms with E-state index in [0.29, 0.717) is 41.6 Å². The van der Waals surface area contributed by atoms with Crippen molar-refractivity contribution in [3.8, 4) is 0 Å². The van der Waals surface area contributed by atoms with Gasteiger partial charge in [0.05, 0.1) is 17.3 Å². The number of nitrogens with one attached hydrogen (secondary N) is 4. The molecule has 0 saturated carbocycles. The number of rotatable bonds is 6. The number of H-pyrrole nitrogens is 2. The first-order valence-corrected chi connectivity index (χ1v) is 12.4. The summed E-state index contributed by atoms with van der Waals surface area (Å²) in [5, 5.41) is 13.7. The molecule has 5 rings (SSSR count). The third kappa shape index (κ3) is 5.92. The Labute approximate surface area is 219 Å². The number of piperazine rings is 1. The summed E-state index contributed by atoms with van der Waals surface area (Å²) in [6, 6.07) is 9.60. The van der Waals surface area contributed by atoms with Gasteiger partial charge in [0, 0.05) is 44.6 Å². The number of carbonyl (C=O) groups excluding carboxylic acids is 2. The minimum absolute atomic E-state index is 0.261. The van der Waals surface area contributed by atoms with Crippen LogP contribution in [0.4, 0.5) is 22.0 Å². The van der Waals surface area contributed by atoms with Crippen LogP contribution in [-0.2, 0) is 11.3 Å². The Morgan fingerprint density at radius 2 is 1.82 bits per heavy atom. The molecule has 2 amide bonds. The Morgan fingerprint density at radius 3 is 2.55 bits per heavy atom. The van der Waals surface area contributed by atoms with Crippen molar-refractivity contribution in [2.75, 3.05) is 36.8 Å². The first-order chi connectivity index (χ1) is 18.2. The van der Waals surface area contributed by atoms with E-state index in [-0.39, 0.29) is 12.0 Å². The molecule has 12 heteroatoms. The van der Waals surface area contributed by atoms with E-state index in [2.05, 4.69) is 40.7 Å². The Hall–Kier alpha value is -4.45. The van der Waals surface area contributed by atoms with Crippen LogP contribution in [0.1, 0.15) is 36.8 Å². The van der Waals surface area contributed by atoms with Crippen LogP contribution in [0.15, 0.2) is 49.1 Å². The summed E-state index contributed by atoms with van der Waals surface area (Å²) in [4.78, 5) is 40.8. The van der Waals surface area contributed by atoms with E-state index < -0.39 is 5.60 Å². The zero-order valence-electron chi connectivity index (χ0n) is 21.6. The minimum Gasteiger partial charge on any atom is -0.444 e. The molecule has 4 N–H and O–H groups in total. The van der Waals surface area contributed by atoms with E-state index in [1.165, 1.54) is 6.33 Å². The van der Waals surface area contributed by atoms with E-state index in [1.54, 1.807) is 17.3 Å². The summed E-state index contributed by atoms with van der Waals surface area (Å²) in [6.07, 6.45) is 4.51. The number of benzene rings is 1. The van der Waals surface area contributed by atoms with Crippen molar-refractivity contribution in [2.45, 2.75) is 32.9 Å². The van der Waals surface area contributed by atoms with Crippen LogP contribution in [-0.4, -0.2) is 78.7 Å². The molecule has 12 nitrogen and oxygen atoms in total. The first kappa shape index (κ1) is 25.2. The Morgan fingerprint density at radius 1 is 1.05 bits per heavy atom. The van der Waals surface area contributed by atoms with Crippen molar-refractivity contribution >= 4 is 40.2 Å². The highest BCUT2D eigenvalue weighted by Gasteiger charge is 2.26. The molecule has 1 aliphatic heterocycles. The van der Waals surface area contributed by atoms with Crippen LogP contribution in [0.5, 0.6) is 0 Å². The number of aromatic amines is 2. The largest absolute Gasteiger partial charge is 0.444 e. The summed E-state index contributed by atoms with van der Waals surface area (Å²) < 4.78 is 5.47. The lowest BCUT2D eigenvalue weighted by Gasteiger charge is -2.35. The smallest absolute Gasteiger partial charge is 0.410 e. The van der Waals surface area contributed by atoms with Gasteiger partial charge >= 0.3 is 6.09 Å². The van der Waals surface area contributed by atoms with Crippen molar-refractivity contribution in [1.29, 1.82) is 0 Å². The molecule has 0 radical (unpaired) electrons. The second-order valence-corrected chi connectivity index (χ2v) is 10.1. The van der Waals surface area contributed by atoms with E-state index in [4.69, 9.17) is 4.74 Å². The fourth-order valence-electron chi connectivity index (χ4n) is 4.21. The summed E-state index contributed by atoms with van der Waals surface area (Å²) >= 11 is 0. The van der Waals surface area contributed by atoms with E-state index >= 15 is 0 Å². The number of fused-ring (bicyclic) bond motifs is 1. The highest BCUT2D eigenvalue weighted by Crippen LogP contribution is 2.24. The van der Waals surface area contributed by atoms with Crippen LogP contribution in [0.2, 0.25) is 0 Å². The SMILES string of the molecule is CC(C)(C)OC(=O)N1CCN(Cc2ccc(NC(=O)c3[nH]ncc3Nc3ncnc4[nH]ccc34)cc2)CC1. The number of aromatic nitrogens is 5. The lowest BCUT2D eigenvalue weighted by Crippen LogP contribution is -2.49. The lowest BCUT2D eigenvalue weighted by atomic mass is 10.1. The number of anilines is 3. The summed E-state index contributed by atoms with van der Waals surface area (Å²) in [5.74, 6) is 0.248. The van der Waals surface area contributed by atoms with Gasteiger partial charge in [0.2, 0.25) is 0 Å². The maximum absolute atomic E-state index is 13.0. The number of ether oxygens (including phenoxy) is 1. The highest BCUT2D eigenvalue weighted by atomic mass is 16.6. The van der Waals surface area contributed by atoms with Gasteiger partial charge < -0.3 is 25.3 Å². The molecule has 1 aliphatic rings. The molecule has 1 saturated heterocycles. The number of nitrogens with zero attached hydrogens (tertiary/aromatic N) is 5. The Bertz CT molecular complexity index is 1410. The topological polar surface area (TPSA) is 144 Å². The van der Waals surface area contributed by atoms with Crippen LogP contribution in [0.25, 0.3) is 11.0 Å². The van der Waals surface area contributed by atoms with Gasteiger partial charge in [0.25, 0.3) is 5.91 Å². The van der Waals surface area contributed by atoms with Crippen molar-refractivity contribution in [1.82, 2.24) is 34.9 Å². The lowest BCUT2D eigenvalue weighted by molar-refractivity contribution is 0.0139. The number of amides is 2. The van der Waals surface area contributed by atoms with E-state index in [1.807, 2.05) is 51.1 Å². The zero-order valence-corrected chi connectivity index (χ0v) is 21.6. The molecule has 0 bridgehead atoms. The van der Waals surface area contributed by atoms with Gasteiger partial charge in [-0.3, -0.25) is 14.8 Å². The average Bonchev–Trinajstić information content (AvgIpc) is 3.55. The molecular formula is C26H31N9O3. The Balaban J connectivity index is 1.15. The summed E-state index contributed by atoms with van der Waals surface area (Å²) in [6.45, 7) is 9.19. The quantitative estimate of drug-likeness (QED) is 0.303. The van der Waals surface area contributed by atoms with Crippen molar-refractivity contribution < 1.29 is 14.3 Å². The molecule has 38 heavy (non-hydrogen) atoms. The molecule has 1 fully saturated rings. The van der Waals surface area contributed by atoms with E-state index in [0.717, 1.165) is 30.6 Å². The second kappa shape index (κ2) is 10.5. The van der Waals surface area contributed by atoms with Crippen LogP contribution >= 0.6 is 0 Å². The van der Waals surface area contributed by atoms with Crippen molar-refractivity contribution in [2.24, 2.45) is 0 Å². The molecule has 4 aromatic rings. The molecule has 1 aromatic carbocycles. The van der Waals surface area contributed by atoms with Gasteiger partial charge in [-0.2, -0.15) is 5.10 Å². The normalized spacial score (nSPS) is 14.4. The van der Waals surface area contributed by atoms with Gasteiger partial charge in [-0.15, -0.1) is 0 Å². The van der Waals surface area contributed by atoms with Gasteiger partial charge in [-0.05, 0) is 44.5 Å². The molecule has 0 aliphatic carbocycles. The molecule has 0 spiro atoms. The monoisotopic (exact) mass is 517 g/mol. The third-order valence-electron chi connectivity index (χ3n) is 6.12. The van der Waals surface area contributed by atoms with E-state index in [9.17, 15) is 9.59 Å². The fraction of sp³-hybridized carbons (Fsp3) is 0.346. The summed E-state index contributed by atoms with van der Waals surface area (Å²) in [5.41, 5.74) is 2.79. The second-order valence-electron chi connectivity index (χ2n) is 10.1. The van der Waals surface area contributed by atoms with Gasteiger partial charge in [0.1, 0.15) is 29.1 Å². The summed E-state index contributed by atoms with van der Waals surface area (Å²) in [7, 11) is 0. The standard InChI is InChI=1S/C26H31N9O3/c1-26(2,3)38-25(37)35-12-10-34(11-13-35)15-17-4-6-18(7-5-17)31-24(36)21-20(14-30-33-21)32-23-19-8-9-27-22(19)28-16-29-23/h4-9,14,16H,10-13,15H2,1-3H3,(H,30,33)(H,31,36)(H2,27,28,29,32). The highest BCUT2D eigenvalue weighted by molar-refractivity contribution is 6.07. The van der Waals surface area contributed by atoms with Gasteiger partial charge in [0.15, 0.2) is 0 Å². The molecular weight excluding hydrogens is 486 g/mol. The molecule has 0 atom stereocenters.